The van der Waals surface area contributed by atoms with Crippen LogP contribution in [0.3, 0.4) is 0 Å². The van der Waals surface area contributed by atoms with Crippen LogP contribution in [-0.4, -0.2) is 30.9 Å². The van der Waals surface area contributed by atoms with E-state index in [0.717, 1.165) is 89.9 Å². The molecule has 0 spiro atoms. The van der Waals surface area contributed by atoms with E-state index in [4.69, 9.17) is 31.7 Å². The van der Waals surface area contributed by atoms with Crippen molar-refractivity contribution in [3.8, 4) is 23.0 Å². The van der Waals surface area contributed by atoms with Gasteiger partial charge in [0.05, 0.1) is 26.0 Å². The van der Waals surface area contributed by atoms with E-state index in [-0.39, 0.29) is 0 Å². The molecule has 1 N–H and O–H groups in total. The Labute approximate surface area is 423 Å². The maximum Gasteiger partial charge on any atom is 0.587 e. The number of benzene rings is 4. The summed E-state index contributed by atoms with van der Waals surface area (Å²) in [5.74, 6) is 3.12. The van der Waals surface area contributed by atoms with Gasteiger partial charge in [-0.25, -0.2) is 13.7 Å². The van der Waals surface area contributed by atoms with E-state index in [9.17, 15) is 18.6 Å². The average molecular weight is 1030 g/mol. The third kappa shape index (κ3) is 29.8. The highest BCUT2D eigenvalue weighted by Crippen LogP contribution is 2.52. The largest absolute Gasteiger partial charge is 0.587 e. The molecule has 14 heteroatoms. The SMILES string of the molecule is CCCCC(CC)COP(=O)(O)OCC(CC)CCCC.CCCCC(CC)CP(=O)(Oc1ccccc1)Oc1ccccc1.CCCCCCCCOP(=O)(Oc1ccccc1)Oc1ccccc1. The highest BCUT2D eigenvalue weighted by Gasteiger charge is 2.32. The standard InChI is InChI=1S/C20H27O4P.C20H27O3P.C16H35O4P/c1-2-3-4-5-6-13-18-22-25(21,23-19-14-9-7-10-15-19)24-20-16-11-8-12-17-20;1-3-5-12-18(4-2)17-24(21,22-19-13-8-6-9-14-19)23-20-15-10-7-11-16-20;1-5-9-11-15(7-3)13-19-21(17,18)20-14-16(8-4)12-10-6-2/h7-12,14-17H,2-6,13,18H2,1H3;6-11,13-16,18H,3-5,12,17H2,1-2H3;15-16H,5-14H2,1-4H3,(H,17,18). The van der Waals surface area contributed by atoms with Crippen molar-refractivity contribution in [2.75, 3.05) is 26.0 Å². The fourth-order valence-electron chi connectivity index (χ4n) is 7.19. The molecular weight excluding hydrogens is 942 g/mol. The smallest absolute Gasteiger partial charge is 0.416 e. The van der Waals surface area contributed by atoms with Crippen molar-refractivity contribution in [2.24, 2.45) is 17.8 Å². The van der Waals surface area contributed by atoms with Crippen LogP contribution >= 0.6 is 23.2 Å². The summed E-state index contributed by atoms with van der Waals surface area (Å²) >= 11 is 0. The number of rotatable bonds is 36. The summed E-state index contributed by atoms with van der Waals surface area (Å²) in [6.07, 6.45) is 20.1. The number of hydrogen-bond acceptors (Lipinski definition) is 10. The van der Waals surface area contributed by atoms with Crippen LogP contribution < -0.4 is 18.1 Å². The molecule has 0 saturated carbocycles. The van der Waals surface area contributed by atoms with Gasteiger partial charge in [0.25, 0.3) is 0 Å². The second kappa shape index (κ2) is 38.3. The van der Waals surface area contributed by atoms with E-state index >= 15 is 0 Å². The molecule has 0 fully saturated rings. The van der Waals surface area contributed by atoms with Gasteiger partial charge in [-0.1, -0.05) is 211 Å². The molecule has 0 amide bonds. The van der Waals surface area contributed by atoms with Gasteiger partial charge >= 0.3 is 23.2 Å². The Hall–Kier alpha value is -3.39. The van der Waals surface area contributed by atoms with Gasteiger partial charge in [-0.3, -0.25) is 13.6 Å². The van der Waals surface area contributed by atoms with E-state index in [0.29, 0.717) is 66.7 Å². The van der Waals surface area contributed by atoms with Crippen molar-refractivity contribution in [1.29, 1.82) is 0 Å². The van der Waals surface area contributed by atoms with E-state index in [1.807, 2.05) is 97.1 Å². The number of unbranched alkanes of at least 4 members (excludes halogenated alkanes) is 8. The Balaban J connectivity index is 0.000000362. The van der Waals surface area contributed by atoms with Gasteiger partial charge in [0, 0.05) is 0 Å². The maximum atomic E-state index is 13.4. The first-order chi connectivity index (χ1) is 33.9. The predicted octanol–water partition coefficient (Wildman–Crippen LogP) is 18.7. The number of phosphoric ester groups is 2. The molecule has 4 aromatic carbocycles. The summed E-state index contributed by atoms with van der Waals surface area (Å²) in [4.78, 5) is 9.77. The quantitative estimate of drug-likeness (QED) is 0.0344. The summed E-state index contributed by atoms with van der Waals surface area (Å²) in [7, 11) is -10.9. The van der Waals surface area contributed by atoms with Crippen molar-refractivity contribution >= 4 is 23.2 Å². The van der Waals surface area contributed by atoms with Crippen LogP contribution in [-0.2, 0) is 27.3 Å². The lowest BCUT2D eigenvalue weighted by Gasteiger charge is -2.24. The average Bonchev–Trinajstić information content (AvgIpc) is 3.36. The maximum absolute atomic E-state index is 13.4. The van der Waals surface area contributed by atoms with Crippen LogP contribution in [0.1, 0.15) is 164 Å². The number of para-hydroxylation sites is 4. The molecule has 11 nitrogen and oxygen atoms in total. The van der Waals surface area contributed by atoms with Crippen molar-refractivity contribution in [1.82, 2.24) is 0 Å². The van der Waals surface area contributed by atoms with Crippen LogP contribution in [0.25, 0.3) is 0 Å². The molecule has 0 radical (unpaired) electrons. The normalized spacial score (nSPS) is 13.5. The monoisotopic (exact) mass is 1030 g/mol. The molecule has 0 bridgehead atoms. The van der Waals surface area contributed by atoms with Crippen molar-refractivity contribution < 1.29 is 50.3 Å². The molecule has 4 rings (SSSR count). The lowest BCUT2D eigenvalue weighted by atomic mass is 10.0. The van der Waals surface area contributed by atoms with E-state index in [1.165, 1.54) is 25.7 Å². The summed E-state index contributed by atoms with van der Waals surface area (Å²) in [5, 5.41) is 0. The van der Waals surface area contributed by atoms with Crippen LogP contribution in [0.15, 0.2) is 121 Å². The fourth-order valence-corrected chi connectivity index (χ4v) is 11.5. The Bertz CT molecular complexity index is 1860. The van der Waals surface area contributed by atoms with Crippen LogP contribution in [0, 0.1) is 17.8 Å². The predicted molar refractivity (Wildman–Crippen MR) is 289 cm³/mol. The summed E-state index contributed by atoms with van der Waals surface area (Å²) in [6, 6.07) is 36.5. The fraction of sp³-hybridized carbons (Fsp3) is 0.571. The molecule has 0 saturated heterocycles. The zero-order valence-electron chi connectivity index (χ0n) is 43.7. The van der Waals surface area contributed by atoms with Gasteiger partial charge in [-0.05, 0) is 92.0 Å². The van der Waals surface area contributed by atoms with Crippen LogP contribution in [0.5, 0.6) is 23.0 Å². The van der Waals surface area contributed by atoms with Crippen molar-refractivity contribution in [2.45, 2.75) is 164 Å². The van der Waals surface area contributed by atoms with Crippen LogP contribution in [0.4, 0.5) is 0 Å². The molecule has 4 aromatic rings. The van der Waals surface area contributed by atoms with Gasteiger partial charge < -0.3 is 23.0 Å². The molecule has 70 heavy (non-hydrogen) atoms. The van der Waals surface area contributed by atoms with Crippen molar-refractivity contribution in [3.05, 3.63) is 121 Å². The van der Waals surface area contributed by atoms with E-state index in [1.54, 1.807) is 24.3 Å². The van der Waals surface area contributed by atoms with Gasteiger partial charge in [0.2, 0.25) is 0 Å². The number of hydrogen-bond donors (Lipinski definition) is 1. The van der Waals surface area contributed by atoms with Gasteiger partial charge in [0.1, 0.15) is 23.0 Å². The Kier molecular flexibility index (Phi) is 34.3. The van der Waals surface area contributed by atoms with Gasteiger partial charge in [0.15, 0.2) is 0 Å². The third-order valence-corrected chi connectivity index (χ3v) is 16.0. The van der Waals surface area contributed by atoms with Crippen molar-refractivity contribution in [3.63, 3.8) is 0 Å². The molecule has 0 heterocycles. The zero-order valence-corrected chi connectivity index (χ0v) is 46.4. The topological polar surface area (TPSA) is 136 Å². The highest BCUT2D eigenvalue weighted by atomic mass is 31.2. The lowest BCUT2D eigenvalue weighted by Crippen LogP contribution is -2.13. The first-order valence-electron chi connectivity index (χ1n) is 26.3. The first kappa shape index (κ1) is 62.7. The molecule has 0 aliphatic carbocycles. The molecular formula is C56H89O11P3. The minimum atomic E-state index is -3.89. The minimum absolute atomic E-state index is 0.316. The van der Waals surface area contributed by atoms with Crippen LogP contribution in [0.2, 0.25) is 0 Å². The lowest BCUT2D eigenvalue weighted by molar-refractivity contribution is 0.110. The third-order valence-electron chi connectivity index (χ3n) is 11.7. The molecule has 0 aliphatic heterocycles. The van der Waals surface area contributed by atoms with E-state index < -0.39 is 23.2 Å². The summed E-state index contributed by atoms with van der Waals surface area (Å²) in [6.45, 7) is 16.0. The van der Waals surface area contributed by atoms with E-state index in [2.05, 4.69) is 48.5 Å². The molecule has 3 unspecified atom stereocenters. The van der Waals surface area contributed by atoms with Gasteiger partial charge in [-0.15, -0.1) is 0 Å². The molecule has 0 aliphatic rings. The Morgan fingerprint density at radius 2 is 0.729 bits per heavy atom. The summed E-state index contributed by atoms with van der Waals surface area (Å²) < 4.78 is 77.1. The Morgan fingerprint density at radius 3 is 1.09 bits per heavy atom. The Morgan fingerprint density at radius 1 is 0.400 bits per heavy atom. The minimum Gasteiger partial charge on any atom is -0.416 e. The molecule has 0 aromatic heterocycles. The second-order valence-electron chi connectivity index (χ2n) is 17.8. The highest BCUT2D eigenvalue weighted by molar-refractivity contribution is 7.54. The zero-order chi connectivity index (χ0) is 51.2. The summed E-state index contributed by atoms with van der Waals surface area (Å²) in [5.41, 5.74) is 0. The first-order valence-corrected chi connectivity index (χ1v) is 31.0. The van der Waals surface area contributed by atoms with Gasteiger partial charge in [-0.2, -0.15) is 0 Å². The number of phosphoric acid groups is 2. The molecule has 394 valence electrons. The second-order valence-corrected chi connectivity index (χ2v) is 22.7. The molecule has 3 atom stereocenters.